The molecule has 2 atom stereocenters. The van der Waals surface area contributed by atoms with Crippen molar-refractivity contribution in [2.24, 2.45) is 0 Å². The highest BCUT2D eigenvalue weighted by Gasteiger charge is 2.15. The number of hydrogen-bond acceptors (Lipinski definition) is 5. The Balaban J connectivity index is 2.48. The third-order valence-electron chi connectivity index (χ3n) is 2.45. The number of aliphatic hydroxyl groups excluding tert-OH is 1. The number of carbonyl (C=O) groups is 1. The van der Waals surface area contributed by atoms with Crippen LogP contribution in [0.15, 0.2) is 12.3 Å². The van der Waals surface area contributed by atoms with Crippen molar-refractivity contribution in [2.75, 3.05) is 12.9 Å². The number of rotatable bonds is 6. The Hall–Kier alpha value is -0.850. The zero-order valence-corrected chi connectivity index (χ0v) is 12.3. The van der Waals surface area contributed by atoms with Crippen LogP contribution in [-0.2, 0) is 4.79 Å². The number of nitrogens with zero attached hydrogens (tertiary/aromatic N) is 1. The van der Waals surface area contributed by atoms with Crippen molar-refractivity contribution in [1.82, 2.24) is 10.3 Å². The van der Waals surface area contributed by atoms with Crippen molar-refractivity contribution >= 4 is 35.1 Å². The summed E-state index contributed by atoms with van der Waals surface area (Å²) in [7, 11) is 0. The van der Waals surface area contributed by atoms with Crippen LogP contribution in [0.1, 0.15) is 16.8 Å². The molecule has 0 aliphatic rings. The van der Waals surface area contributed by atoms with Crippen LogP contribution >= 0.6 is 23.1 Å². The minimum absolute atomic E-state index is 0.0213. The Morgan fingerprint density at radius 2 is 2.44 bits per heavy atom. The van der Waals surface area contributed by atoms with Crippen LogP contribution in [-0.4, -0.2) is 40.2 Å². The lowest BCUT2D eigenvalue weighted by molar-refractivity contribution is -0.117. The molecule has 1 aromatic heterocycles. The Labute approximate surface area is 116 Å². The molecule has 0 spiro atoms. The fourth-order valence-electron chi connectivity index (χ4n) is 1.41. The van der Waals surface area contributed by atoms with E-state index in [1.165, 1.54) is 6.08 Å². The summed E-state index contributed by atoms with van der Waals surface area (Å²) >= 11 is 3.08. The summed E-state index contributed by atoms with van der Waals surface area (Å²) < 4.78 is 0. The van der Waals surface area contributed by atoms with E-state index in [0.717, 1.165) is 9.88 Å². The van der Waals surface area contributed by atoms with Gasteiger partial charge in [0.05, 0.1) is 11.6 Å². The van der Waals surface area contributed by atoms with Crippen LogP contribution in [0.5, 0.6) is 0 Å². The minimum Gasteiger partial charge on any atom is -0.395 e. The van der Waals surface area contributed by atoms with Gasteiger partial charge in [0.1, 0.15) is 0 Å². The highest BCUT2D eigenvalue weighted by atomic mass is 32.2. The molecule has 1 rings (SSSR count). The van der Waals surface area contributed by atoms with Crippen LogP contribution in [0.4, 0.5) is 0 Å². The first-order valence-corrected chi connectivity index (χ1v) is 7.72. The predicted molar refractivity (Wildman–Crippen MR) is 77.9 cm³/mol. The SMILES string of the molecule is CSC(CO)C(C)NC(=O)/C=C/c1cnc(C)s1. The minimum atomic E-state index is -0.152. The van der Waals surface area contributed by atoms with E-state index in [-0.39, 0.29) is 23.8 Å². The van der Waals surface area contributed by atoms with Crippen LogP contribution in [0.2, 0.25) is 0 Å². The van der Waals surface area contributed by atoms with E-state index in [9.17, 15) is 4.79 Å². The largest absolute Gasteiger partial charge is 0.395 e. The summed E-state index contributed by atoms with van der Waals surface area (Å²) in [5.41, 5.74) is 0. The summed E-state index contributed by atoms with van der Waals surface area (Å²) in [5, 5.41) is 13.0. The zero-order chi connectivity index (χ0) is 13.5. The van der Waals surface area contributed by atoms with Gasteiger partial charge >= 0.3 is 0 Å². The summed E-state index contributed by atoms with van der Waals surface area (Å²) in [6.07, 6.45) is 6.91. The van der Waals surface area contributed by atoms with Crippen molar-refractivity contribution in [3.8, 4) is 0 Å². The van der Waals surface area contributed by atoms with Gasteiger partial charge < -0.3 is 10.4 Å². The standard InChI is InChI=1S/C12H18N2O2S2/c1-8(11(7-15)17-3)14-12(16)5-4-10-6-13-9(2)18-10/h4-6,8,11,15H,7H2,1-3H3,(H,14,16)/b5-4+. The van der Waals surface area contributed by atoms with Crippen molar-refractivity contribution in [1.29, 1.82) is 0 Å². The maximum atomic E-state index is 11.7. The average Bonchev–Trinajstić information content (AvgIpc) is 2.74. The first-order chi connectivity index (χ1) is 8.56. The second-order valence-corrected chi connectivity index (χ2v) is 6.21. The topological polar surface area (TPSA) is 62.2 Å². The molecule has 0 radical (unpaired) electrons. The number of thioether (sulfide) groups is 1. The maximum absolute atomic E-state index is 11.7. The van der Waals surface area contributed by atoms with Gasteiger partial charge in [-0.25, -0.2) is 4.98 Å². The molecule has 0 saturated heterocycles. The van der Waals surface area contributed by atoms with E-state index in [1.807, 2.05) is 20.1 Å². The van der Waals surface area contributed by atoms with Gasteiger partial charge in [-0.15, -0.1) is 11.3 Å². The molecule has 0 saturated carbocycles. The molecule has 2 unspecified atom stereocenters. The number of thiazole rings is 1. The average molecular weight is 286 g/mol. The second-order valence-electron chi connectivity index (χ2n) is 3.87. The van der Waals surface area contributed by atoms with E-state index >= 15 is 0 Å². The number of aliphatic hydroxyl groups is 1. The number of aryl methyl sites for hydroxylation is 1. The predicted octanol–water partition coefficient (Wildman–Crippen LogP) is 1.69. The van der Waals surface area contributed by atoms with Crippen LogP contribution in [0.25, 0.3) is 6.08 Å². The van der Waals surface area contributed by atoms with Gasteiger partial charge in [-0.1, -0.05) is 0 Å². The lowest BCUT2D eigenvalue weighted by atomic mass is 10.2. The number of aromatic nitrogens is 1. The van der Waals surface area contributed by atoms with Crippen LogP contribution < -0.4 is 5.32 Å². The Bertz CT molecular complexity index is 414. The molecule has 100 valence electrons. The number of nitrogens with one attached hydrogen (secondary N) is 1. The van der Waals surface area contributed by atoms with Crippen LogP contribution in [0.3, 0.4) is 0 Å². The van der Waals surface area contributed by atoms with Gasteiger partial charge in [-0.2, -0.15) is 11.8 Å². The first-order valence-electron chi connectivity index (χ1n) is 5.61. The first kappa shape index (κ1) is 15.2. The molecule has 0 fully saturated rings. The van der Waals surface area contributed by atoms with Gasteiger partial charge in [0, 0.05) is 28.4 Å². The van der Waals surface area contributed by atoms with Crippen molar-refractivity contribution in [3.05, 3.63) is 22.2 Å². The van der Waals surface area contributed by atoms with Crippen molar-refractivity contribution in [3.63, 3.8) is 0 Å². The molecule has 1 heterocycles. The van der Waals surface area contributed by atoms with E-state index in [0.29, 0.717) is 0 Å². The molecule has 2 N–H and O–H groups in total. The number of hydrogen-bond donors (Lipinski definition) is 2. The lowest BCUT2D eigenvalue weighted by Gasteiger charge is -2.20. The van der Waals surface area contributed by atoms with E-state index in [2.05, 4.69) is 10.3 Å². The van der Waals surface area contributed by atoms with E-state index in [1.54, 1.807) is 35.4 Å². The quantitative estimate of drug-likeness (QED) is 0.781. The number of carbonyl (C=O) groups excluding carboxylic acids is 1. The monoisotopic (exact) mass is 286 g/mol. The van der Waals surface area contributed by atoms with Crippen LogP contribution in [0, 0.1) is 6.92 Å². The Morgan fingerprint density at radius 1 is 1.72 bits per heavy atom. The summed E-state index contributed by atoms with van der Waals surface area (Å²) in [4.78, 5) is 16.7. The van der Waals surface area contributed by atoms with E-state index < -0.39 is 0 Å². The molecule has 0 aliphatic heterocycles. The molecule has 1 amide bonds. The number of amides is 1. The molecule has 18 heavy (non-hydrogen) atoms. The summed E-state index contributed by atoms with van der Waals surface area (Å²) in [6, 6.07) is -0.0645. The maximum Gasteiger partial charge on any atom is 0.244 e. The Morgan fingerprint density at radius 3 is 2.94 bits per heavy atom. The van der Waals surface area contributed by atoms with Gasteiger partial charge in [-0.3, -0.25) is 4.79 Å². The zero-order valence-electron chi connectivity index (χ0n) is 10.7. The van der Waals surface area contributed by atoms with E-state index in [4.69, 9.17) is 5.11 Å². The Kier molecular flexibility index (Phi) is 6.38. The van der Waals surface area contributed by atoms with Gasteiger partial charge in [0.25, 0.3) is 0 Å². The molecule has 0 bridgehead atoms. The molecule has 0 aromatic carbocycles. The van der Waals surface area contributed by atoms with Gasteiger partial charge in [0.15, 0.2) is 0 Å². The molecular formula is C12H18N2O2S2. The second kappa shape index (κ2) is 7.56. The highest BCUT2D eigenvalue weighted by Crippen LogP contribution is 2.13. The molecule has 0 aliphatic carbocycles. The smallest absolute Gasteiger partial charge is 0.244 e. The fraction of sp³-hybridized carbons (Fsp3) is 0.500. The highest BCUT2D eigenvalue weighted by molar-refractivity contribution is 7.99. The third kappa shape index (κ3) is 4.80. The van der Waals surface area contributed by atoms with Crippen molar-refractivity contribution < 1.29 is 9.90 Å². The molecule has 1 aromatic rings. The summed E-state index contributed by atoms with van der Waals surface area (Å²) in [5.74, 6) is -0.152. The van der Waals surface area contributed by atoms with Crippen molar-refractivity contribution in [2.45, 2.75) is 25.1 Å². The summed E-state index contributed by atoms with van der Waals surface area (Å²) in [6.45, 7) is 3.87. The lowest BCUT2D eigenvalue weighted by Crippen LogP contribution is -2.40. The van der Waals surface area contributed by atoms with Gasteiger partial charge in [0.2, 0.25) is 5.91 Å². The molecule has 4 nitrogen and oxygen atoms in total. The third-order valence-corrected chi connectivity index (χ3v) is 4.49. The van der Waals surface area contributed by atoms with Gasteiger partial charge in [-0.05, 0) is 26.2 Å². The molecular weight excluding hydrogens is 268 g/mol. The molecule has 6 heteroatoms. The normalized spacial score (nSPS) is 14.7. The fourth-order valence-corrected chi connectivity index (χ4v) is 2.73.